The van der Waals surface area contributed by atoms with E-state index >= 15 is 0 Å². The number of hydrogen-bond acceptors (Lipinski definition) is 3. The summed E-state index contributed by atoms with van der Waals surface area (Å²) in [4.78, 5) is 12.1. The standard InChI is InChI=1S/C17H18ClF3N2O3S/c18-27(25,26)14-10-15(16(24)22-9-5-4-8-17(19,20)21)23(12-14)11-13-6-2-1-3-7-13/h1-3,6-7,10,12H,4-5,8-9,11H2,(H,22,24). The van der Waals surface area contributed by atoms with Gasteiger partial charge in [-0.2, -0.15) is 13.2 Å². The number of nitrogens with one attached hydrogen (secondary N) is 1. The lowest BCUT2D eigenvalue weighted by molar-refractivity contribution is -0.135. The number of rotatable bonds is 8. The molecule has 0 unspecified atom stereocenters. The first-order valence-corrected chi connectivity index (χ1v) is 10.4. The van der Waals surface area contributed by atoms with Crippen LogP contribution in [-0.2, 0) is 15.6 Å². The predicted molar refractivity (Wildman–Crippen MR) is 95.3 cm³/mol. The van der Waals surface area contributed by atoms with Gasteiger partial charge in [-0.1, -0.05) is 30.3 Å². The van der Waals surface area contributed by atoms with E-state index in [-0.39, 0.29) is 36.5 Å². The van der Waals surface area contributed by atoms with Gasteiger partial charge in [-0.3, -0.25) is 4.79 Å². The van der Waals surface area contributed by atoms with Crippen LogP contribution in [0.5, 0.6) is 0 Å². The van der Waals surface area contributed by atoms with Gasteiger partial charge in [-0.25, -0.2) is 8.42 Å². The molecule has 2 aromatic rings. The third kappa shape index (κ3) is 6.91. The van der Waals surface area contributed by atoms with Crippen molar-refractivity contribution in [1.82, 2.24) is 9.88 Å². The third-order valence-corrected chi connectivity index (χ3v) is 5.07. The fraction of sp³-hybridized carbons (Fsp3) is 0.353. The van der Waals surface area contributed by atoms with Crippen molar-refractivity contribution < 1.29 is 26.4 Å². The van der Waals surface area contributed by atoms with Gasteiger partial charge in [0.2, 0.25) is 0 Å². The van der Waals surface area contributed by atoms with Gasteiger partial charge in [0, 0.05) is 36.4 Å². The van der Waals surface area contributed by atoms with E-state index in [1.165, 1.54) is 10.8 Å². The minimum Gasteiger partial charge on any atom is -0.351 e. The molecule has 2 rings (SSSR count). The summed E-state index contributed by atoms with van der Waals surface area (Å²) in [5.74, 6) is -0.579. The number of carbonyl (C=O) groups is 1. The molecule has 1 N–H and O–H groups in total. The van der Waals surface area contributed by atoms with Crippen LogP contribution in [0.25, 0.3) is 0 Å². The van der Waals surface area contributed by atoms with Gasteiger partial charge in [0.25, 0.3) is 15.0 Å². The number of aromatic nitrogens is 1. The summed E-state index contributed by atoms with van der Waals surface area (Å²) in [5.41, 5.74) is 0.903. The maximum atomic E-state index is 12.4. The van der Waals surface area contributed by atoms with Crippen LogP contribution in [0.4, 0.5) is 13.2 Å². The Morgan fingerprint density at radius 3 is 2.41 bits per heavy atom. The van der Waals surface area contributed by atoms with Gasteiger partial charge in [-0.15, -0.1) is 0 Å². The first kappa shape index (κ1) is 21.3. The molecule has 5 nitrogen and oxygen atoms in total. The minimum atomic E-state index is -4.22. The van der Waals surface area contributed by atoms with Crippen molar-refractivity contribution in [3.05, 3.63) is 53.9 Å². The SMILES string of the molecule is O=C(NCCCCC(F)(F)F)c1cc(S(=O)(=O)Cl)cn1Cc1ccccc1. The lowest BCUT2D eigenvalue weighted by atomic mass is 10.2. The Morgan fingerprint density at radius 2 is 1.81 bits per heavy atom. The second kappa shape index (κ2) is 8.79. The highest BCUT2D eigenvalue weighted by molar-refractivity contribution is 8.13. The highest BCUT2D eigenvalue weighted by atomic mass is 35.7. The zero-order chi connectivity index (χ0) is 20.1. The molecule has 0 aliphatic carbocycles. The van der Waals surface area contributed by atoms with Crippen LogP contribution in [0.15, 0.2) is 47.5 Å². The number of hydrogen-bond donors (Lipinski definition) is 1. The van der Waals surface area contributed by atoms with Crippen molar-refractivity contribution in [3.8, 4) is 0 Å². The number of amides is 1. The molecule has 0 radical (unpaired) electrons. The summed E-state index contributed by atoms with van der Waals surface area (Å²) in [6.07, 6.45) is -3.82. The maximum Gasteiger partial charge on any atom is 0.389 e. The zero-order valence-electron chi connectivity index (χ0n) is 14.2. The van der Waals surface area contributed by atoms with E-state index in [0.29, 0.717) is 0 Å². The van der Waals surface area contributed by atoms with E-state index in [1.807, 2.05) is 18.2 Å². The molecular weight excluding hydrogens is 405 g/mol. The van der Waals surface area contributed by atoms with Crippen LogP contribution in [0.1, 0.15) is 35.3 Å². The molecule has 0 bridgehead atoms. The van der Waals surface area contributed by atoms with Crippen molar-refractivity contribution in [1.29, 1.82) is 0 Å². The number of halogens is 4. The molecule has 0 saturated heterocycles. The third-order valence-electron chi connectivity index (χ3n) is 3.75. The monoisotopic (exact) mass is 422 g/mol. The van der Waals surface area contributed by atoms with Crippen LogP contribution >= 0.6 is 10.7 Å². The van der Waals surface area contributed by atoms with Crippen LogP contribution < -0.4 is 5.32 Å². The molecule has 148 valence electrons. The highest BCUT2D eigenvalue weighted by Crippen LogP contribution is 2.22. The summed E-state index contributed by atoms with van der Waals surface area (Å²) in [7, 11) is 1.33. The Morgan fingerprint density at radius 1 is 1.15 bits per heavy atom. The molecule has 0 aliphatic heterocycles. The van der Waals surface area contributed by atoms with Crippen molar-refractivity contribution in [3.63, 3.8) is 0 Å². The largest absolute Gasteiger partial charge is 0.389 e. The van der Waals surface area contributed by atoms with E-state index in [9.17, 15) is 26.4 Å². The van der Waals surface area contributed by atoms with Crippen LogP contribution in [0.2, 0.25) is 0 Å². The minimum absolute atomic E-state index is 0.0500. The van der Waals surface area contributed by atoms with Crippen molar-refractivity contribution in [2.45, 2.75) is 36.9 Å². The lowest BCUT2D eigenvalue weighted by Crippen LogP contribution is -2.27. The van der Waals surface area contributed by atoms with E-state index in [4.69, 9.17) is 10.7 Å². The van der Waals surface area contributed by atoms with Gasteiger partial charge < -0.3 is 9.88 Å². The molecular formula is C17H18ClF3N2O3S. The molecule has 0 aliphatic rings. The van der Waals surface area contributed by atoms with E-state index < -0.39 is 27.6 Å². The Balaban J connectivity index is 2.09. The Labute approximate surface area is 159 Å². The maximum absolute atomic E-state index is 12.4. The first-order chi connectivity index (χ1) is 12.6. The molecule has 10 heteroatoms. The number of unbranched alkanes of at least 4 members (excludes halogenated alkanes) is 1. The van der Waals surface area contributed by atoms with Gasteiger partial charge in [0.1, 0.15) is 10.6 Å². The Kier molecular flexibility index (Phi) is 6.94. The second-order valence-electron chi connectivity index (χ2n) is 5.94. The van der Waals surface area contributed by atoms with E-state index in [1.54, 1.807) is 12.1 Å². The Bertz CT molecular complexity index is 881. The van der Waals surface area contributed by atoms with Crippen LogP contribution in [-0.4, -0.2) is 31.6 Å². The fourth-order valence-electron chi connectivity index (χ4n) is 2.46. The molecule has 1 aromatic carbocycles. The predicted octanol–water partition coefficient (Wildman–Crippen LogP) is 3.93. The van der Waals surface area contributed by atoms with Crippen LogP contribution in [0, 0.1) is 0 Å². The molecule has 1 heterocycles. The zero-order valence-corrected chi connectivity index (χ0v) is 15.7. The van der Waals surface area contributed by atoms with Gasteiger partial charge in [-0.05, 0) is 24.5 Å². The molecule has 1 amide bonds. The Hall–Kier alpha value is -2.00. The summed E-state index contributed by atoms with van der Waals surface area (Å²) < 4.78 is 61.0. The lowest BCUT2D eigenvalue weighted by Gasteiger charge is -2.10. The summed E-state index contributed by atoms with van der Waals surface area (Å²) in [6.45, 7) is 0.290. The van der Waals surface area contributed by atoms with Gasteiger partial charge in [0.15, 0.2) is 0 Å². The highest BCUT2D eigenvalue weighted by Gasteiger charge is 2.26. The normalized spacial score (nSPS) is 12.1. The smallest absolute Gasteiger partial charge is 0.351 e. The fourth-order valence-corrected chi connectivity index (χ4v) is 3.22. The number of benzene rings is 1. The van der Waals surface area contributed by atoms with E-state index in [2.05, 4.69) is 5.32 Å². The number of carbonyl (C=O) groups excluding carboxylic acids is 1. The van der Waals surface area contributed by atoms with Gasteiger partial charge >= 0.3 is 6.18 Å². The molecule has 1 aromatic heterocycles. The topological polar surface area (TPSA) is 68.2 Å². The first-order valence-electron chi connectivity index (χ1n) is 8.10. The average molecular weight is 423 g/mol. The summed E-state index contributed by atoms with van der Waals surface area (Å²) in [6, 6.07) is 10.2. The summed E-state index contributed by atoms with van der Waals surface area (Å²) >= 11 is 0. The number of alkyl halides is 3. The second-order valence-corrected chi connectivity index (χ2v) is 8.51. The molecule has 0 fully saturated rings. The van der Waals surface area contributed by atoms with Crippen LogP contribution in [0.3, 0.4) is 0 Å². The van der Waals surface area contributed by atoms with Crippen molar-refractivity contribution >= 4 is 25.6 Å². The summed E-state index contributed by atoms with van der Waals surface area (Å²) in [5, 5.41) is 2.51. The van der Waals surface area contributed by atoms with Crippen molar-refractivity contribution in [2.24, 2.45) is 0 Å². The van der Waals surface area contributed by atoms with Crippen molar-refractivity contribution in [2.75, 3.05) is 6.54 Å². The van der Waals surface area contributed by atoms with Gasteiger partial charge in [0.05, 0.1) is 0 Å². The average Bonchev–Trinajstić information content (AvgIpc) is 2.98. The molecule has 27 heavy (non-hydrogen) atoms. The molecule has 0 saturated carbocycles. The molecule has 0 spiro atoms. The van der Waals surface area contributed by atoms with E-state index in [0.717, 1.165) is 11.6 Å². The number of nitrogens with zero attached hydrogens (tertiary/aromatic N) is 1. The quantitative estimate of drug-likeness (QED) is 0.517. The molecule has 0 atom stereocenters.